The highest BCUT2D eigenvalue weighted by atomic mass is 28.3. The van der Waals surface area contributed by atoms with E-state index in [9.17, 15) is 4.79 Å². The van der Waals surface area contributed by atoms with Crippen molar-refractivity contribution in [2.45, 2.75) is 32.1 Å². The highest BCUT2D eigenvalue weighted by Gasteiger charge is 2.25. The van der Waals surface area contributed by atoms with E-state index >= 15 is 0 Å². The summed E-state index contributed by atoms with van der Waals surface area (Å²) in [6, 6.07) is 6.73. The largest absolute Gasteiger partial charge is 0.497 e. The minimum atomic E-state index is -1.21. The summed E-state index contributed by atoms with van der Waals surface area (Å²) in [5.41, 5.74) is 0.633. The molecule has 4 nitrogen and oxygen atoms in total. The first-order valence-electron chi connectivity index (χ1n) is 7.01. The van der Waals surface area contributed by atoms with Gasteiger partial charge in [0.15, 0.2) is 5.78 Å². The van der Waals surface area contributed by atoms with Gasteiger partial charge in [0.1, 0.15) is 24.4 Å². The van der Waals surface area contributed by atoms with Crippen LogP contribution >= 0.6 is 0 Å². The average Bonchev–Trinajstić information content (AvgIpc) is 2.45. The third-order valence-electron chi connectivity index (χ3n) is 3.23. The molecule has 0 radical (unpaired) electrons. The van der Waals surface area contributed by atoms with Gasteiger partial charge in [0.25, 0.3) is 0 Å². The summed E-state index contributed by atoms with van der Waals surface area (Å²) in [5, 5.41) is 0. The van der Waals surface area contributed by atoms with Crippen molar-refractivity contribution in [1.29, 1.82) is 0 Å². The van der Waals surface area contributed by atoms with E-state index < -0.39 is 8.07 Å². The normalized spacial score (nSPS) is 15.6. The number of rotatable bonds is 5. The summed E-state index contributed by atoms with van der Waals surface area (Å²) >= 11 is 0. The monoisotopic (exact) mass is 290 g/mol. The number of anilines is 1. The van der Waals surface area contributed by atoms with Crippen molar-refractivity contribution in [3.8, 4) is 0 Å². The summed E-state index contributed by atoms with van der Waals surface area (Å²) in [5.74, 6) is 0.959. The molecule has 0 saturated carbocycles. The number of Topliss-reactive ketones (excluding diaryl/α,β-unsaturated/α-hetero) is 1. The maximum atomic E-state index is 12.4. The SMILES string of the molecule is C[Si](C)(C)CCC(=O)C1=COCCN1c1ccccn1. The Kier molecular flexibility index (Phi) is 4.59. The van der Waals surface area contributed by atoms with Crippen LogP contribution < -0.4 is 4.90 Å². The van der Waals surface area contributed by atoms with Crippen LogP contribution in [0.15, 0.2) is 36.4 Å². The number of aromatic nitrogens is 1. The van der Waals surface area contributed by atoms with Crippen molar-refractivity contribution in [2.24, 2.45) is 0 Å². The Bertz CT molecular complexity index is 494. The fourth-order valence-electron chi connectivity index (χ4n) is 2.05. The van der Waals surface area contributed by atoms with Crippen molar-refractivity contribution in [2.75, 3.05) is 18.1 Å². The topological polar surface area (TPSA) is 42.4 Å². The molecule has 0 N–H and O–H groups in total. The molecule has 1 aliphatic rings. The molecule has 0 unspecified atom stereocenters. The predicted octanol–water partition coefficient (Wildman–Crippen LogP) is 3.06. The molecule has 1 aromatic rings. The lowest BCUT2D eigenvalue weighted by Gasteiger charge is -2.29. The zero-order valence-corrected chi connectivity index (χ0v) is 13.4. The molecule has 0 saturated heterocycles. The summed E-state index contributed by atoms with van der Waals surface area (Å²) in [6.45, 7) is 8.09. The van der Waals surface area contributed by atoms with Crippen LogP contribution in [-0.4, -0.2) is 32.0 Å². The lowest BCUT2D eigenvalue weighted by molar-refractivity contribution is -0.115. The fraction of sp³-hybridized carbons (Fsp3) is 0.467. The lowest BCUT2D eigenvalue weighted by atomic mass is 10.2. The zero-order valence-electron chi connectivity index (χ0n) is 12.4. The molecule has 108 valence electrons. The summed E-state index contributed by atoms with van der Waals surface area (Å²) < 4.78 is 5.35. The first-order chi connectivity index (χ1) is 9.47. The molecule has 1 aliphatic heterocycles. The smallest absolute Gasteiger partial charge is 0.182 e. The standard InChI is InChI=1S/C15H22N2O2Si/c1-20(2,3)11-7-14(18)13-12-19-10-9-17(13)15-6-4-5-8-16-15/h4-6,8,12H,7,9-11H2,1-3H3. The molecule has 0 amide bonds. The van der Waals surface area contributed by atoms with Crippen LogP contribution in [0.5, 0.6) is 0 Å². The zero-order chi connectivity index (χ0) is 14.6. The molecule has 20 heavy (non-hydrogen) atoms. The predicted molar refractivity (Wildman–Crippen MR) is 83.4 cm³/mol. The molecule has 0 bridgehead atoms. The van der Waals surface area contributed by atoms with Crippen molar-refractivity contribution in [3.05, 3.63) is 36.4 Å². The Morgan fingerprint density at radius 2 is 2.20 bits per heavy atom. The molecule has 2 rings (SSSR count). The van der Waals surface area contributed by atoms with Crippen LogP contribution in [0.3, 0.4) is 0 Å². The fourth-order valence-corrected chi connectivity index (χ4v) is 3.03. The van der Waals surface area contributed by atoms with Crippen LogP contribution in [0.25, 0.3) is 0 Å². The number of hydrogen-bond acceptors (Lipinski definition) is 4. The number of allylic oxidation sites excluding steroid dienone is 1. The number of ketones is 1. The molecule has 0 atom stereocenters. The second kappa shape index (κ2) is 6.22. The molecule has 1 aromatic heterocycles. The van der Waals surface area contributed by atoms with Gasteiger partial charge >= 0.3 is 0 Å². The maximum Gasteiger partial charge on any atom is 0.182 e. The van der Waals surface area contributed by atoms with Crippen LogP contribution in [0.1, 0.15) is 6.42 Å². The molecular formula is C15H22N2O2Si. The highest BCUT2D eigenvalue weighted by Crippen LogP contribution is 2.22. The minimum Gasteiger partial charge on any atom is -0.497 e. The van der Waals surface area contributed by atoms with Gasteiger partial charge in [-0.2, -0.15) is 0 Å². The van der Waals surface area contributed by atoms with E-state index in [1.54, 1.807) is 12.5 Å². The lowest BCUT2D eigenvalue weighted by Crippen LogP contribution is -2.35. The quantitative estimate of drug-likeness (QED) is 0.782. The van der Waals surface area contributed by atoms with Crippen molar-refractivity contribution in [1.82, 2.24) is 4.98 Å². The Balaban J connectivity index is 2.11. The number of carbonyl (C=O) groups is 1. The first-order valence-corrected chi connectivity index (χ1v) is 10.7. The second-order valence-corrected chi connectivity index (χ2v) is 11.8. The van der Waals surface area contributed by atoms with Crippen LogP contribution in [0, 0.1) is 0 Å². The van der Waals surface area contributed by atoms with Crippen LogP contribution in [-0.2, 0) is 9.53 Å². The number of hydrogen-bond donors (Lipinski definition) is 0. The van der Waals surface area contributed by atoms with E-state index in [2.05, 4.69) is 24.6 Å². The first kappa shape index (κ1) is 14.8. The van der Waals surface area contributed by atoms with Gasteiger partial charge in [-0.3, -0.25) is 4.79 Å². The van der Waals surface area contributed by atoms with Gasteiger partial charge in [0.2, 0.25) is 0 Å². The Labute approximate surface area is 121 Å². The van der Waals surface area contributed by atoms with E-state index in [1.807, 2.05) is 23.1 Å². The summed E-state index contributed by atoms with van der Waals surface area (Å²) in [6.07, 6.45) is 3.92. The third-order valence-corrected chi connectivity index (χ3v) is 4.98. The van der Waals surface area contributed by atoms with Crippen molar-refractivity contribution < 1.29 is 9.53 Å². The molecule has 0 aliphatic carbocycles. The molecule has 2 heterocycles. The number of ether oxygens (including phenoxy) is 1. The van der Waals surface area contributed by atoms with E-state index in [0.717, 1.165) is 11.9 Å². The van der Waals surface area contributed by atoms with Gasteiger partial charge in [-0.1, -0.05) is 31.8 Å². The average molecular weight is 290 g/mol. The number of nitrogens with zero attached hydrogens (tertiary/aromatic N) is 2. The molecule has 0 aromatic carbocycles. The van der Waals surface area contributed by atoms with Gasteiger partial charge in [-0.05, 0) is 12.1 Å². The molecule has 5 heteroatoms. The van der Waals surface area contributed by atoms with E-state index in [-0.39, 0.29) is 5.78 Å². The van der Waals surface area contributed by atoms with Gasteiger partial charge < -0.3 is 9.64 Å². The van der Waals surface area contributed by atoms with Gasteiger partial charge in [-0.25, -0.2) is 4.98 Å². The highest BCUT2D eigenvalue weighted by molar-refractivity contribution is 6.76. The van der Waals surface area contributed by atoms with Crippen LogP contribution in [0.4, 0.5) is 5.82 Å². The number of carbonyl (C=O) groups excluding carboxylic acids is 1. The third kappa shape index (κ3) is 3.93. The molecular weight excluding hydrogens is 268 g/mol. The Morgan fingerprint density at radius 1 is 1.40 bits per heavy atom. The maximum absolute atomic E-state index is 12.4. The molecule has 0 fully saturated rings. The van der Waals surface area contributed by atoms with E-state index in [0.29, 0.717) is 25.3 Å². The Hall–Kier alpha value is -1.62. The number of pyridine rings is 1. The van der Waals surface area contributed by atoms with Gasteiger partial charge in [-0.15, -0.1) is 0 Å². The summed E-state index contributed by atoms with van der Waals surface area (Å²) in [4.78, 5) is 18.7. The minimum absolute atomic E-state index is 0.151. The Morgan fingerprint density at radius 3 is 2.85 bits per heavy atom. The van der Waals surface area contributed by atoms with E-state index in [4.69, 9.17) is 4.74 Å². The van der Waals surface area contributed by atoms with E-state index in [1.165, 1.54) is 0 Å². The van der Waals surface area contributed by atoms with Crippen molar-refractivity contribution in [3.63, 3.8) is 0 Å². The molecule has 0 spiro atoms. The summed E-state index contributed by atoms with van der Waals surface area (Å²) in [7, 11) is -1.21. The van der Waals surface area contributed by atoms with Crippen molar-refractivity contribution >= 4 is 19.7 Å². The van der Waals surface area contributed by atoms with Crippen LogP contribution in [0.2, 0.25) is 25.7 Å². The van der Waals surface area contributed by atoms with Gasteiger partial charge in [0.05, 0.1) is 6.54 Å². The second-order valence-electron chi connectivity index (χ2n) is 6.20. The van der Waals surface area contributed by atoms with Gasteiger partial charge in [0, 0.05) is 20.7 Å².